The number of aromatic nitrogens is 4. The van der Waals surface area contributed by atoms with E-state index in [1.807, 2.05) is 0 Å². The van der Waals surface area contributed by atoms with Gasteiger partial charge in [0, 0.05) is 30.9 Å². The number of anilines is 1. The molecule has 6 heteroatoms. The number of hydrogen-bond acceptors (Lipinski definition) is 4. The van der Waals surface area contributed by atoms with Crippen LogP contribution in [0.4, 0.5) is 5.69 Å². The van der Waals surface area contributed by atoms with E-state index in [4.69, 9.17) is 0 Å². The van der Waals surface area contributed by atoms with Gasteiger partial charge in [-0.3, -0.25) is 4.79 Å². The fourth-order valence-electron chi connectivity index (χ4n) is 1.24. The van der Waals surface area contributed by atoms with E-state index in [1.165, 1.54) is 6.07 Å². The number of nitrogens with zero attached hydrogens (tertiary/aromatic N) is 2. The van der Waals surface area contributed by atoms with Gasteiger partial charge in [-0.2, -0.15) is 5.10 Å². The molecule has 2 aromatic heterocycles. The summed E-state index contributed by atoms with van der Waals surface area (Å²) >= 11 is 0. The molecule has 0 unspecified atom stereocenters. The zero-order chi connectivity index (χ0) is 10.5. The van der Waals surface area contributed by atoms with Crippen LogP contribution in [-0.4, -0.2) is 26.7 Å². The van der Waals surface area contributed by atoms with Crippen molar-refractivity contribution in [2.75, 3.05) is 11.9 Å². The number of nitrogens with one attached hydrogen (secondary N) is 3. The third kappa shape index (κ3) is 2.67. The molecule has 0 aliphatic rings. The van der Waals surface area contributed by atoms with E-state index in [1.54, 1.807) is 18.7 Å². The van der Waals surface area contributed by atoms with E-state index < -0.39 is 0 Å². The molecule has 0 saturated heterocycles. The van der Waals surface area contributed by atoms with Crippen molar-refractivity contribution < 1.29 is 0 Å². The first-order chi connectivity index (χ1) is 7.34. The second-order valence-corrected chi connectivity index (χ2v) is 3.09. The Kier molecular flexibility index (Phi) is 2.77. The largest absolute Gasteiger partial charge is 0.383 e. The number of aromatic amines is 2. The minimum atomic E-state index is -0.207. The molecular formula is C9H11N5O. The molecule has 0 aliphatic carbocycles. The van der Waals surface area contributed by atoms with Gasteiger partial charge in [-0.05, 0) is 0 Å². The Morgan fingerprint density at radius 2 is 2.33 bits per heavy atom. The molecule has 0 fully saturated rings. The van der Waals surface area contributed by atoms with E-state index in [0.717, 1.165) is 24.3 Å². The zero-order valence-corrected chi connectivity index (χ0v) is 8.03. The maximum atomic E-state index is 10.9. The SMILES string of the molecule is O=c1cc(NCCc2cnc[nH]2)cn[nH]1. The highest BCUT2D eigenvalue weighted by Gasteiger charge is 1.95. The lowest BCUT2D eigenvalue weighted by atomic mass is 10.3. The Bertz CT molecular complexity index is 461. The average Bonchev–Trinajstić information content (AvgIpc) is 2.71. The van der Waals surface area contributed by atoms with Crippen LogP contribution >= 0.6 is 0 Å². The first-order valence-corrected chi connectivity index (χ1v) is 4.60. The van der Waals surface area contributed by atoms with Gasteiger partial charge < -0.3 is 10.3 Å². The van der Waals surface area contributed by atoms with Gasteiger partial charge in [0.05, 0.1) is 18.2 Å². The summed E-state index contributed by atoms with van der Waals surface area (Å²) in [5.41, 5.74) is 1.57. The first-order valence-electron chi connectivity index (χ1n) is 4.60. The molecule has 0 bridgehead atoms. The Labute approximate surface area is 85.8 Å². The summed E-state index contributed by atoms with van der Waals surface area (Å²) in [6.07, 6.45) is 5.82. The van der Waals surface area contributed by atoms with Crippen LogP contribution in [0.25, 0.3) is 0 Å². The Balaban J connectivity index is 1.86. The highest BCUT2D eigenvalue weighted by molar-refractivity contribution is 5.38. The number of rotatable bonds is 4. The second-order valence-electron chi connectivity index (χ2n) is 3.09. The van der Waals surface area contributed by atoms with Gasteiger partial charge in [0.2, 0.25) is 0 Å². The van der Waals surface area contributed by atoms with Gasteiger partial charge in [-0.15, -0.1) is 0 Å². The van der Waals surface area contributed by atoms with Crippen molar-refractivity contribution in [1.82, 2.24) is 20.2 Å². The number of hydrogen-bond donors (Lipinski definition) is 3. The van der Waals surface area contributed by atoms with Gasteiger partial charge in [0.15, 0.2) is 0 Å². The van der Waals surface area contributed by atoms with Crippen LogP contribution in [0.3, 0.4) is 0 Å². The van der Waals surface area contributed by atoms with Crippen molar-refractivity contribution >= 4 is 5.69 Å². The van der Waals surface area contributed by atoms with E-state index in [2.05, 4.69) is 25.5 Å². The van der Waals surface area contributed by atoms with Crippen LogP contribution in [0.2, 0.25) is 0 Å². The first kappa shape index (κ1) is 9.45. The summed E-state index contributed by atoms with van der Waals surface area (Å²) in [6.45, 7) is 0.729. The standard InChI is InChI=1S/C9H11N5O/c15-9-3-8(5-13-14-9)11-2-1-7-4-10-6-12-7/h3-6H,1-2H2,(H,10,12)(H2,11,14,15). The third-order valence-corrected chi connectivity index (χ3v) is 1.94. The Hall–Kier alpha value is -2.11. The molecule has 2 rings (SSSR count). The smallest absolute Gasteiger partial charge is 0.266 e. The zero-order valence-electron chi connectivity index (χ0n) is 8.03. The number of imidazole rings is 1. The van der Waals surface area contributed by atoms with Crippen molar-refractivity contribution in [2.45, 2.75) is 6.42 Å². The minimum Gasteiger partial charge on any atom is -0.383 e. The van der Waals surface area contributed by atoms with Crippen molar-refractivity contribution in [1.29, 1.82) is 0 Å². The van der Waals surface area contributed by atoms with Gasteiger partial charge in [0.1, 0.15) is 0 Å². The van der Waals surface area contributed by atoms with Crippen molar-refractivity contribution in [3.63, 3.8) is 0 Å². The Morgan fingerprint density at radius 3 is 3.07 bits per heavy atom. The van der Waals surface area contributed by atoms with E-state index >= 15 is 0 Å². The van der Waals surface area contributed by atoms with Crippen molar-refractivity contribution in [2.24, 2.45) is 0 Å². The molecule has 0 amide bonds. The van der Waals surface area contributed by atoms with Crippen molar-refractivity contribution in [3.8, 4) is 0 Å². The maximum absolute atomic E-state index is 10.9. The van der Waals surface area contributed by atoms with Crippen molar-refractivity contribution in [3.05, 3.63) is 40.8 Å². The van der Waals surface area contributed by atoms with E-state index in [9.17, 15) is 4.79 Å². The molecule has 0 atom stereocenters. The van der Waals surface area contributed by atoms with Gasteiger partial charge >= 0.3 is 0 Å². The fourth-order valence-corrected chi connectivity index (χ4v) is 1.24. The topological polar surface area (TPSA) is 86.5 Å². The summed E-state index contributed by atoms with van der Waals surface area (Å²) in [5, 5.41) is 9.09. The molecule has 78 valence electrons. The average molecular weight is 205 g/mol. The van der Waals surface area contributed by atoms with Crippen LogP contribution in [0.5, 0.6) is 0 Å². The highest BCUT2D eigenvalue weighted by Crippen LogP contribution is 1.99. The lowest BCUT2D eigenvalue weighted by Gasteiger charge is -2.03. The summed E-state index contributed by atoms with van der Waals surface area (Å²) in [5.74, 6) is 0. The highest BCUT2D eigenvalue weighted by atomic mass is 16.1. The molecule has 15 heavy (non-hydrogen) atoms. The summed E-state index contributed by atoms with van der Waals surface area (Å²) < 4.78 is 0. The van der Waals surface area contributed by atoms with Crippen LogP contribution in [0, 0.1) is 0 Å². The van der Waals surface area contributed by atoms with Crippen LogP contribution < -0.4 is 10.9 Å². The Morgan fingerprint density at radius 1 is 1.40 bits per heavy atom. The lowest BCUT2D eigenvalue weighted by molar-refractivity contribution is 0.953. The van der Waals surface area contributed by atoms with Crippen LogP contribution in [0.1, 0.15) is 5.69 Å². The van der Waals surface area contributed by atoms with E-state index in [0.29, 0.717) is 0 Å². The molecule has 3 N–H and O–H groups in total. The number of H-pyrrole nitrogens is 2. The molecule has 6 nitrogen and oxygen atoms in total. The fraction of sp³-hybridized carbons (Fsp3) is 0.222. The van der Waals surface area contributed by atoms with E-state index in [-0.39, 0.29) is 5.56 Å². The van der Waals surface area contributed by atoms with Gasteiger partial charge in [-0.25, -0.2) is 10.1 Å². The minimum absolute atomic E-state index is 0.207. The molecule has 0 spiro atoms. The maximum Gasteiger partial charge on any atom is 0.266 e. The normalized spacial score (nSPS) is 10.1. The van der Waals surface area contributed by atoms with Crippen LogP contribution in [-0.2, 0) is 6.42 Å². The third-order valence-electron chi connectivity index (χ3n) is 1.94. The van der Waals surface area contributed by atoms with Gasteiger partial charge in [-0.1, -0.05) is 0 Å². The van der Waals surface area contributed by atoms with Gasteiger partial charge in [0.25, 0.3) is 5.56 Å². The molecule has 0 aliphatic heterocycles. The molecule has 2 aromatic rings. The molecule has 0 radical (unpaired) electrons. The summed E-state index contributed by atoms with van der Waals surface area (Å²) in [4.78, 5) is 17.8. The predicted octanol–water partition coefficient (Wildman–Crippen LogP) is 0.148. The molecule has 0 saturated carbocycles. The quantitative estimate of drug-likeness (QED) is 0.663. The predicted molar refractivity (Wildman–Crippen MR) is 55.6 cm³/mol. The molecule has 2 heterocycles. The molecular weight excluding hydrogens is 194 g/mol. The lowest BCUT2D eigenvalue weighted by Crippen LogP contribution is -2.11. The monoisotopic (exact) mass is 205 g/mol. The second kappa shape index (κ2) is 4.41. The summed E-state index contributed by atoms with van der Waals surface area (Å²) in [6, 6.07) is 1.47. The molecule has 0 aromatic carbocycles. The van der Waals surface area contributed by atoms with Crippen LogP contribution in [0.15, 0.2) is 29.6 Å². The summed E-state index contributed by atoms with van der Waals surface area (Å²) in [7, 11) is 0.